The first-order valence-corrected chi connectivity index (χ1v) is 15.3. The average molecular weight is 594 g/mol. The van der Waals surface area contributed by atoms with Gasteiger partial charge in [0.05, 0.1) is 29.2 Å². The number of halogens is 1. The molecular weight excluding hydrogens is 558 g/mol. The van der Waals surface area contributed by atoms with Gasteiger partial charge in [-0.1, -0.05) is 54.1 Å². The highest BCUT2D eigenvalue weighted by atomic mass is 35.5. The second-order valence-electron chi connectivity index (χ2n) is 11.0. The highest BCUT2D eigenvalue weighted by molar-refractivity contribution is 8.02. The van der Waals surface area contributed by atoms with E-state index in [0.29, 0.717) is 30.2 Å². The second-order valence-corrected chi connectivity index (χ2v) is 13.1. The first kappa shape index (κ1) is 29.4. The quantitative estimate of drug-likeness (QED) is 0.387. The SMILES string of the molecule is C=CCN(Cc1ccccc1)C(=O)[C@@H]1[C@H]2C(=O)N([C@H](C)CO)C(C(=O)N(CC=C)c3ccc(Cl)cc3)C23CC[C@H]1S3. The Morgan fingerprint density at radius 3 is 2.44 bits per heavy atom. The van der Waals surface area contributed by atoms with E-state index in [1.54, 1.807) is 69.8 Å². The first-order valence-electron chi connectivity index (χ1n) is 14.0. The number of anilines is 1. The van der Waals surface area contributed by atoms with Gasteiger partial charge >= 0.3 is 0 Å². The molecule has 0 saturated carbocycles. The smallest absolute Gasteiger partial charge is 0.251 e. The molecule has 0 aliphatic carbocycles. The molecule has 0 aromatic heterocycles. The number of aliphatic hydroxyl groups is 1. The Labute approximate surface area is 250 Å². The lowest BCUT2D eigenvalue weighted by Crippen LogP contribution is -2.57. The number of thioether (sulfide) groups is 1. The van der Waals surface area contributed by atoms with E-state index in [-0.39, 0.29) is 36.1 Å². The molecule has 1 N–H and O–H groups in total. The summed E-state index contributed by atoms with van der Waals surface area (Å²) < 4.78 is -0.763. The standard InChI is InChI=1S/C32H36ClN3O4S/c1-4-17-34(19-22-9-7-6-8-10-22)29(38)26-25-15-16-32(41-25)27(26)30(39)36(21(3)20-37)28(32)31(40)35(18-5-2)24-13-11-23(33)12-14-24/h4-14,21,25-28,37H,1-2,15-20H2,3H3/t21-,25-,26+,27+,28?,32?/m1/s1. The van der Waals surface area contributed by atoms with E-state index in [9.17, 15) is 19.5 Å². The second kappa shape index (κ2) is 12.0. The van der Waals surface area contributed by atoms with Crippen LogP contribution in [-0.2, 0) is 20.9 Å². The van der Waals surface area contributed by atoms with Crippen LogP contribution in [0.15, 0.2) is 79.9 Å². The summed E-state index contributed by atoms with van der Waals surface area (Å²) in [6.45, 7) is 10.2. The zero-order valence-corrected chi connectivity index (χ0v) is 24.8. The zero-order chi connectivity index (χ0) is 29.3. The van der Waals surface area contributed by atoms with Gasteiger partial charge in [-0.3, -0.25) is 14.4 Å². The molecule has 3 heterocycles. The van der Waals surface area contributed by atoms with Gasteiger partial charge in [-0.25, -0.2) is 0 Å². The number of nitrogens with zero attached hydrogens (tertiary/aromatic N) is 3. The average Bonchev–Trinajstić information content (AvgIpc) is 3.63. The molecule has 5 rings (SSSR count). The molecule has 216 valence electrons. The highest BCUT2D eigenvalue weighted by Gasteiger charge is 2.74. The molecule has 3 aliphatic heterocycles. The van der Waals surface area contributed by atoms with Crippen LogP contribution in [0.2, 0.25) is 5.02 Å². The van der Waals surface area contributed by atoms with E-state index >= 15 is 0 Å². The van der Waals surface area contributed by atoms with Crippen LogP contribution in [0.25, 0.3) is 0 Å². The maximum atomic E-state index is 14.5. The number of fused-ring (bicyclic) bond motifs is 1. The van der Waals surface area contributed by atoms with Crippen molar-refractivity contribution < 1.29 is 19.5 Å². The summed E-state index contributed by atoms with van der Waals surface area (Å²) in [5.41, 5.74) is 1.64. The molecule has 2 unspecified atom stereocenters. The van der Waals surface area contributed by atoms with Gasteiger partial charge in [0.1, 0.15) is 6.04 Å². The van der Waals surface area contributed by atoms with Crippen molar-refractivity contribution in [1.29, 1.82) is 0 Å². The first-order chi connectivity index (χ1) is 19.8. The Balaban J connectivity index is 1.53. The van der Waals surface area contributed by atoms with Gasteiger partial charge in [-0.2, -0.15) is 0 Å². The maximum Gasteiger partial charge on any atom is 0.251 e. The molecule has 9 heteroatoms. The van der Waals surface area contributed by atoms with Gasteiger partial charge in [-0.15, -0.1) is 24.9 Å². The van der Waals surface area contributed by atoms with Crippen molar-refractivity contribution in [3.8, 4) is 0 Å². The van der Waals surface area contributed by atoms with Crippen molar-refractivity contribution in [3.63, 3.8) is 0 Å². The van der Waals surface area contributed by atoms with Crippen molar-refractivity contribution in [3.05, 3.63) is 90.5 Å². The fourth-order valence-corrected chi connectivity index (χ4v) is 9.16. The maximum absolute atomic E-state index is 14.5. The van der Waals surface area contributed by atoms with Gasteiger partial charge < -0.3 is 19.8 Å². The minimum Gasteiger partial charge on any atom is -0.394 e. The van der Waals surface area contributed by atoms with Crippen LogP contribution in [0.4, 0.5) is 5.69 Å². The number of amides is 3. The van der Waals surface area contributed by atoms with Gasteiger partial charge in [0, 0.05) is 35.6 Å². The number of carbonyl (C=O) groups excluding carboxylic acids is 3. The minimum absolute atomic E-state index is 0.0650. The number of benzene rings is 2. The molecule has 2 bridgehead atoms. The third-order valence-electron chi connectivity index (χ3n) is 8.59. The molecule has 1 spiro atoms. The lowest BCUT2D eigenvalue weighted by Gasteiger charge is -2.39. The van der Waals surface area contributed by atoms with Gasteiger partial charge in [0.15, 0.2) is 0 Å². The molecule has 3 saturated heterocycles. The molecule has 2 aromatic rings. The van der Waals surface area contributed by atoms with Gasteiger partial charge in [-0.05, 0) is 49.6 Å². The van der Waals surface area contributed by atoms with E-state index < -0.39 is 28.7 Å². The monoisotopic (exact) mass is 593 g/mol. The van der Waals surface area contributed by atoms with Crippen molar-refractivity contribution in [2.75, 3.05) is 24.6 Å². The summed E-state index contributed by atoms with van der Waals surface area (Å²) >= 11 is 7.74. The third-order valence-corrected chi connectivity index (χ3v) is 10.8. The van der Waals surface area contributed by atoms with E-state index in [1.165, 1.54) is 0 Å². The molecule has 6 atom stereocenters. The third kappa shape index (κ3) is 5.11. The number of hydrogen-bond donors (Lipinski definition) is 1. The Morgan fingerprint density at radius 1 is 1.12 bits per heavy atom. The van der Waals surface area contributed by atoms with Crippen molar-refractivity contribution in [2.24, 2.45) is 11.8 Å². The molecule has 41 heavy (non-hydrogen) atoms. The van der Waals surface area contributed by atoms with Crippen molar-refractivity contribution in [2.45, 2.75) is 48.4 Å². The van der Waals surface area contributed by atoms with Gasteiger partial charge in [0.25, 0.3) is 5.91 Å². The Bertz CT molecular complexity index is 1320. The minimum atomic E-state index is -0.826. The van der Waals surface area contributed by atoms with E-state index in [2.05, 4.69) is 13.2 Å². The molecule has 0 radical (unpaired) electrons. The Kier molecular flexibility index (Phi) is 8.64. The summed E-state index contributed by atoms with van der Waals surface area (Å²) in [6, 6.07) is 15.4. The van der Waals surface area contributed by atoms with Crippen LogP contribution in [0.5, 0.6) is 0 Å². The van der Waals surface area contributed by atoms with E-state index in [1.807, 2.05) is 30.3 Å². The zero-order valence-electron chi connectivity index (χ0n) is 23.2. The number of rotatable bonds is 11. The van der Waals surface area contributed by atoms with Crippen LogP contribution in [-0.4, -0.2) is 74.4 Å². The summed E-state index contributed by atoms with van der Waals surface area (Å²) in [4.78, 5) is 48.0. The van der Waals surface area contributed by atoms with Crippen LogP contribution < -0.4 is 4.90 Å². The van der Waals surface area contributed by atoms with Crippen LogP contribution >= 0.6 is 23.4 Å². The Hall–Kier alpha value is -3.07. The van der Waals surface area contributed by atoms with Crippen LogP contribution in [0.3, 0.4) is 0 Å². The molecule has 3 amide bonds. The topological polar surface area (TPSA) is 81.2 Å². The summed E-state index contributed by atoms with van der Waals surface area (Å²) in [6.07, 6.45) is 4.75. The predicted octanol–water partition coefficient (Wildman–Crippen LogP) is 4.55. The van der Waals surface area contributed by atoms with Crippen molar-refractivity contribution in [1.82, 2.24) is 9.80 Å². The lowest BCUT2D eigenvalue weighted by atomic mass is 9.70. The molecular formula is C32H36ClN3O4S. The molecule has 2 aromatic carbocycles. The van der Waals surface area contributed by atoms with Crippen LogP contribution in [0, 0.1) is 11.8 Å². The fourth-order valence-electron chi connectivity index (χ4n) is 6.84. The van der Waals surface area contributed by atoms with Crippen LogP contribution in [0.1, 0.15) is 25.3 Å². The molecule has 7 nitrogen and oxygen atoms in total. The van der Waals surface area contributed by atoms with Crippen molar-refractivity contribution >= 4 is 46.8 Å². The Morgan fingerprint density at radius 2 is 1.80 bits per heavy atom. The normalized spacial score (nSPS) is 26.9. The predicted molar refractivity (Wildman–Crippen MR) is 164 cm³/mol. The summed E-state index contributed by atoms with van der Waals surface area (Å²) in [5.74, 6) is -1.76. The van der Waals surface area contributed by atoms with E-state index in [0.717, 1.165) is 12.0 Å². The summed E-state index contributed by atoms with van der Waals surface area (Å²) in [7, 11) is 0. The summed E-state index contributed by atoms with van der Waals surface area (Å²) in [5, 5.41) is 10.7. The largest absolute Gasteiger partial charge is 0.394 e. The number of carbonyl (C=O) groups is 3. The highest BCUT2D eigenvalue weighted by Crippen LogP contribution is 2.67. The van der Waals surface area contributed by atoms with E-state index in [4.69, 9.17) is 11.6 Å². The number of likely N-dealkylation sites (tertiary alicyclic amines) is 1. The lowest BCUT2D eigenvalue weighted by molar-refractivity contribution is -0.145. The number of aliphatic hydroxyl groups excluding tert-OH is 1. The fraction of sp³-hybridized carbons (Fsp3) is 0.406. The number of hydrogen-bond acceptors (Lipinski definition) is 5. The van der Waals surface area contributed by atoms with Gasteiger partial charge in [0.2, 0.25) is 11.8 Å². The molecule has 3 fully saturated rings. The molecule has 3 aliphatic rings.